The molecular formula is C27H28N4O3. The molecule has 0 fully saturated rings. The van der Waals surface area contributed by atoms with Gasteiger partial charge in [0.15, 0.2) is 5.82 Å². The lowest BCUT2D eigenvalue weighted by atomic mass is 10.1. The fourth-order valence-electron chi connectivity index (χ4n) is 3.58. The number of hydrogen-bond donors (Lipinski definition) is 1. The summed E-state index contributed by atoms with van der Waals surface area (Å²) in [5.74, 6) is 0.540. The Hall–Kier alpha value is -3.97. The van der Waals surface area contributed by atoms with E-state index in [2.05, 4.69) is 15.4 Å². The van der Waals surface area contributed by atoms with Crippen LogP contribution in [0.25, 0.3) is 17.1 Å². The molecule has 0 radical (unpaired) electrons. The number of nitrogens with one attached hydrogen (secondary N) is 1. The van der Waals surface area contributed by atoms with Crippen molar-refractivity contribution in [2.45, 2.75) is 20.8 Å². The highest BCUT2D eigenvalue weighted by molar-refractivity contribution is 6.05. The summed E-state index contributed by atoms with van der Waals surface area (Å²) in [5.41, 5.74) is 5.13. The molecule has 0 aliphatic heterocycles. The van der Waals surface area contributed by atoms with E-state index in [0.29, 0.717) is 36.9 Å². The Bertz CT molecular complexity index is 1270. The summed E-state index contributed by atoms with van der Waals surface area (Å²) in [6.07, 6.45) is 0. The number of aromatic nitrogens is 3. The van der Waals surface area contributed by atoms with Gasteiger partial charge in [-0.15, -0.1) is 5.10 Å². The SMILES string of the molecule is CCOCCOc1nc(-c2ccccc2C)n(-c2ccc(NC(=O)c3ccccc3C)cc2)n1. The number of nitrogens with zero attached hydrogens (tertiary/aromatic N) is 3. The zero-order valence-corrected chi connectivity index (χ0v) is 19.6. The van der Waals surface area contributed by atoms with Crippen LogP contribution in [-0.2, 0) is 4.74 Å². The quantitative estimate of drug-likeness (QED) is 0.350. The van der Waals surface area contributed by atoms with Gasteiger partial charge in [0, 0.05) is 23.4 Å². The smallest absolute Gasteiger partial charge is 0.336 e. The molecule has 0 bridgehead atoms. The number of rotatable bonds is 9. The predicted molar refractivity (Wildman–Crippen MR) is 133 cm³/mol. The second-order valence-electron chi connectivity index (χ2n) is 7.81. The molecule has 34 heavy (non-hydrogen) atoms. The van der Waals surface area contributed by atoms with Crippen molar-refractivity contribution in [2.24, 2.45) is 0 Å². The van der Waals surface area contributed by atoms with E-state index in [1.165, 1.54) is 0 Å². The van der Waals surface area contributed by atoms with Crippen LogP contribution < -0.4 is 10.1 Å². The van der Waals surface area contributed by atoms with E-state index in [1.54, 1.807) is 4.68 Å². The molecule has 4 rings (SSSR count). The Kier molecular flexibility index (Phi) is 7.34. The van der Waals surface area contributed by atoms with E-state index in [-0.39, 0.29) is 11.9 Å². The maximum Gasteiger partial charge on any atom is 0.336 e. The Balaban J connectivity index is 1.60. The summed E-state index contributed by atoms with van der Waals surface area (Å²) in [7, 11) is 0. The summed E-state index contributed by atoms with van der Waals surface area (Å²) in [5, 5.41) is 7.54. The fourth-order valence-corrected chi connectivity index (χ4v) is 3.58. The molecule has 0 saturated carbocycles. The van der Waals surface area contributed by atoms with E-state index < -0.39 is 0 Å². The lowest BCUT2D eigenvalue weighted by Crippen LogP contribution is -2.13. The summed E-state index contributed by atoms with van der Waals surface area (Å²) >= 11 is 0. The average Bonchev–Trinajstić information content (AvgIpc) is 3.27. The Morgan fingerprint density at radius 3 is 2.32 bits per heavy atom. The second-order valence-corrected chi connectivity index (χ2v) is 7.81. The van der Waals surface area contributed by atoms with Gasteiger partial charge in [0.25, 0.3) is 5.91 Å². The molecule has 0 aliphatic carbocycles. The van der Waals surface area contributed by atoms with Gasteiger partial charge in [-0.3, -0.25) is 4.79 Å². The zero-order chi connectivity index (χ0) is 23.9. The normalized spacial score (nSPS) is 10.8. The summed E-state index contributed by atoms with van der Waals surface area (Å²) in [6, 6.07) is 23.3. The van der Waals surface area contributed by atoms with Crippen LogP contribution in [0.3, 0.4) is 0 Å². The van der Waals surface area contributed by atoms with Crippen molar-refractivity contribution in [1.82, 2.24) is 14.8 Å². The van der Waals surface area contributed by atoms with Crippen molar-refractivity contribution >= 4 is 11.6 Å². The van der Waals surface area contributed by atoms with Crippen LogP contribution in [-0.4, -0.2) is 40.5 Å². The van der Waals surface area contributed by atoms with Crippen molar-refractivity contribution in [3.63, 3.8) is 0 Å². The highest BCUT2D eigenvalue weighted by Gasteiger charge is 2.17. The lowest BCUT2D eigenvalue weighted by molar-refractivity contribution is 0.102. The molecule has 7 nitrogen and oxygen atoms in total. The molecule has 0 atom stereocenters. The topological polar surface area (TPSA) is 78.3 Å². The number of anilines is 1. The van der Waals surface area contributed by atoms with Gasteiger partial charge in [-0.05, 0) is 62.2 Å². The van der Waals surface area contributed by atoms with Gasteiger partial charge in [0.2, 0.25) is 0 Å². The van der Waals surface area contributed by atoms with Crippen LogP contribution in [0.1, 0.15) is 28.4 Å². The average molecular weight is 457 g/mol. The van der Waals surface area contributed by atoms with Gasteiger partial charge in [0.1, 0.15) is 6.61 Å². The maximum absolute atomic E-state index is 12.7. The third kappa shape index (κ3) is 5.32. The van der Waals surface area contributed by atoms with E-state index in [4.69, 9.17) is 9.47 Å². The highest BCUT2D eigenvalue weighted by Crippen LogP contribution is 2.27. The molecule has 0 aliphatic rings. The number of benzene rings is 3. The Morgan fingerprint density at radius 1 is 0.912 bits per heavy atom. The Morgan fingerprint density at radius 2 is 1.62 bits per heavy atom. The third-order valence-electron chi connectivity index (χ3n) is 5.40. The number of amides is 1. The van der Waals surface area contributed by atoms with E-state index in [0.717, 1.165) is 22.4 Å². The molecule has 0 spiro atoms. The second kappa shape index (κ2) is 10.8. The number of carbonyl (C=O) groups excluding carboxylic acids is 1. The van der Waals surface area contributed by atoms with Gasteiger partial charge >= 0.3 is 6.01 Å². The number of aryl methyl sites for hydroxylation is 2. The van der Waals surface area contributed by atoms with Gasteiger partial charge in [-0.25, -0.2) is 4.68 Å². The molecular weight excluding hydrogens is 428 g/mol. The first kappa shape index (κ1) is 23.2. The maximum atomic E-state index is 12.7. The predicted octanol–water partition coefficient (Wildman–Crippen LogP) is 5.22. The van der Waals surface area contributed by atoms with Crippen LogP contribution in [0.4, 0.5) is 5.69 Å². The fraction of sp³-hybridized carbons (Fsp3) is 0.222. The molecule has 7 heteroatoms. The van der Waals surface area contributed by atoms with Gasteiger partial charge < -0.3 is 14.8 Å². The molecule has 3 aromatic carbocycles. The molecule has 0 saturated heterocycles. The van der Waals surface area contributed by atoms with E-state index in [1.807, 2.05) is 93.6 Å². The zero-order valence-electron chi connectivity index (χ0n) is 19.6. The minimum Gasteiger partial charge on any atom is -0.460 e. The van der Waals surface area contributed by atoms with Crippen LogP contribution in [0, 0.1) is 13.8 Å². The molecule has 4 aromatic rings. The van der Waals surface area contributed by atoms with Crippen molar-refractivity contribution < 1.29 is 14.3 Å². The third-order valence-corrected chi connectivity index (χ3v) is 5.40. The van der Waals surface area contributed by atoms with Crippen molar-refractivity contribution in [3.05, 3.63) is 89.5 Å². The van der Waals surface area contributed by atoms with Crippen molar-refractivity contribution in [1.29, 1.82) is 0 Å². The summed E-state index contributed by atoms with van der Waals surface area (Å²) < 4.78 is 12.8. The van der Waals surface area contributed by atoms with Gasteiger partial charge in [0.05, 0.1) is 12.3 Å². The van der Waals surface area contributed by atoms with Crippen LogP contribution in [0.15, 0.2) is 72.8 Å². The standard InChI is InChI=1S/C27H28N4O3/c1-4-33-17-18-34-27-29-25(23-11-7-5-9-19(23)2)31(30-27)22-15-13-21(14-16-22)28-26(32)24-12-8-6-10-20(24)3/h5-16H,4,17-18H2,1-3H3,(H,28,32). The van der Waals surface area contributed by atoms with Gasteiger partial charge in [-0.2, -0.15) is 4.98 Å². The Labute approximate surface area is 199 Å². The van der Waals surface area contributed by atoms with Gasteiger partial charge in [-0.1, -0.05) is 42.5 Å². The van der Waals surface area contributed by atoms with E-state index >= 15 is 0 Å². The number of hydrogen-bond acceptors (Lipinski definition) is 5. The van der Waals surface area contributed by atoms with E-state index in [9.17, 15) is 4.79 Å². The van der Waals surface area contributed by atoms with Crippen LogP contribution in [0.2, 0.25) is 0 Å². The molecule has 1 N–H and O–H groups in total. The number of ether oxygens (including phenoxy) is 2. The summed E-state index contributed by atoms with van der Waals surface area (Å²) in [4.78, 5) is 17.3. The molecule has 0 unspecified atom stereocenters. The molecule has 174 valence electrons. The first-order valence-electron chi connectivity index (χ1n) is 11.3. The minimum absolute atomic E-state index is 0.141. The molecule has 1 heterocycles. The molecule has 1 amide bonds. The highest BCUT2D eigenvalue weighted by atomic mass is 16.5. The monoisotopic (exact) mass is 456 g/mol. The molecule has 1 aromatic heterocycles. The first-order valence-corrected chi connectivity index (χ1v) is 11.3. The van der Waals surface area contributed by atoms with Crippen LogP contribution >= 0.6 is 0 Å². The largest absolute Gasteiger partial charge is 0.460 e. The first-order chi connectivity index (χ1) is 16.6. The van der Waals surface area contributed by atoms with Crippen LogP contribution in [0.5, 0.6) is 6.01 Å². The lowest BCUT2D eigenvalue weighted by Gasteiger charge is -2.10. The summed E-state index contributed by atoms with van der Waals surface area (Å²) in [6.45, 7) is 7.37. The minimum atomic E-state index is -0.141. The van der Waals surface area contributed by atoms with Crippen molar-refractivity contribution in [2.75, 3.05) is 25.1 Å². The van der Waals surface area contributed by atoms with Crippen molar-refractivity contribution in [3.8, 4) is 23.1 Å². The number of carbonyl (C=O) groups is 1.